The van der Waals surface area contributed by atoms with Gasteiger partial charge in [0.25, 0.3) is 0 Å². The van der Waals surface area contributed by atoms with Crippen molar-refractivity contribution in [3.63, 3.8) is 0 Å². The largest absolute Gasteiger partial charge is 0.313 e. The van der Waals surface area contributed by atoms with E-state index >= 15 is 0 Å². The fraction of sp³-hybridized carbons (Fsp3) is 0.417. The summed E-state index contributed by atoms with van der Waals surface area (Å²) in [4.78, 5) is 0. The van der Waals surface area contributed by atoms with Crippen LogP contribution in [-0.2, 0) is 13.5 Å². The highest BCUT2D eigenvalue weighted by Crippen LogP contribution is 2.17. The van der Waals surface area contributed by atoms with Crippen LogP contribution in [-0.4, -0.2) is 27.0 Å². The first kappa shape index (κ1) is 11.7. The Morgan fingerprint density at radius 2 is 2.18 bits per heavy atom. The van der Waals surface area contributed by atoms with Crippen molar-refractivity contribution in [2.24, 2.45) is 7.05 Å². The number of rotatable bonds is 5. The van der Waals surface area contributed by atoms with Gasteiger partial charge < -0.3 is 5.32 Å². The lowest BCUT2D eigenvalue weighted by atomic mass is 10.0. The second-order valence-corrected chi connectivity index (χ2v) is 4.00. The van der Waals surface area contributed by atoms with Gasteiger partial charge in [0, 0.05) is 31.2 Å². The molecular formula is C12H17N5. The fourth-order valence-electron chi connectivity index (χ4n) is 1.92. The molecule has 90 valence electrons. The van der Waals surface area contributed by atoms with Crippen LogP contribution in [0.4, 0.5) is 0 Å². The van der Waals surface area contributed by atoms with Crippen LogP contribution < -0.4 is 5.32 Å². The topological polar surface area (TPSA) is 55.6 Å². The zero-order valence-corrected chi connectivity index (χ0v) is 10.2. The summed E-state index contributed by atoms with van der Waals surface area (Å²) >= 11 is 0. The Kier molecular flexibility index (Phi) is 3.82. The molecule has 0 aliphatic carbocycles. The second kappa shape index (κ2) is 5.54. The van der Waals surface area contributed by atoms with E-state index in [-0.39, 0.29) is 0 Å². The van der Waals surface area contributed by atoms with E-state index in [1.807, 2.05) is 37.2 Å². The van der Waals surface area contributed by atoms with E-state index in [1.54, 1.807) is 6.20 Å². The molecule has 0 aliphatic rings. The molecular weight excluding hydrogens is 214 g/mol. The highest BCUT2D eigenvalue weighted by atomic mass is 15.2. The minimum Gasteiger partial charge on any atom is -0.313 e. The molecule has 1 atom stereocenters. The molecule has 2 heterocycles. The van der Waals surface area contributed by atoms with Gasteiger partial charge in [-0.3, -0.25) is 4.68 Å². The molecule has 0 amide bonds. The summed E-state index contributed by atoms with van der Waals surface area (Å²) in [5.74, 6) is 0. The Morgan fingerprint density at radius 3 is 2.76 bits per heavy atom. The maximum absolute atomic E-state index is 4.17. The van der Waals surface area contributed by atoms with E-state index in [0.29, 0.717) is 6.04 Å². The minimum atomic E-state index is 0.306. The Hall–Kier alpha value is -1.75. The van der Waals surface area contributed by atoms with Crippen LogP contribution in [0.15, 0.2) is 30.7 Å². The number of nitrogens with one attached hydrogen (secondary N) is 1. The average Bonchev–Trinajstić information content (AvgIpc) is 2.77. The molecule has 2 aromatic heterocycles. The SMILES string of the molecule is CNC(CCc1ccnn1C)c1ccnnc1. The van der Waals surface area contributed by atoms with Crippen molar-refractivity contribution in [1.82, 2.24) is 25.3 Å². The molecule has 2 aromatic rings. The van der Waals surface area contributed by atoms with Gasteiger partial charge in [-0.25, -0.2) is 0 Å². The number of aromatic nitrogens is 4. The lowest BCUT2D eigenvalue weighted by Crippen LogP contribution is -2.18. The van der Waals surface area contributed by atoms with E-state index in [9.17, 15) is 0 Å². The minimum absolute atomic E-state index is 0.306. The molecule has 2 rings (SSSR count). The highest BCUT2D eigenvalue weighted by Gasteiger charge is 2.10. The van der Waals surface area contributed by atoms with Gasteiger partial charge in [-0.15, -0.1) is 0 Å². The Morgan fingerprint density at radius 1 is 1.29 bits per heavy atom. The number of hydrogen-bond acceptors (Lipinski definition) is 4. The van der Waals surface area contributed by atoms with Crippen molar-refractivity contribution in [3.8, 4) is 0 Å². The van der Waals surface area contributed by atoms with Crippen molar-refractivity contribution in [2.75, 3.05) is 7.05 Å². The zero-order valence-electron chi connectivity index (χ0n) is 10.2. The van der Waals surface area contributed by atoms with Crippen LogP contribution >= 0.6 is 0 Å². The predicted octanol–water partition coefficient (Wildman–Crippen LogP) is 1.10. The summed E-state index contributed by atoms with van der Waals surface area (Å²) in [7, 11) is 3.94. The van der Waals surface area contributed by atoms with E-state index in [4.69, 9.17) is 0 Å². The molecule has 5 nitrogen and oxygen atoms in total. The summed E-state index contributed by atoms with van der Waals surface area (Å²) in [6.07, 6.45) is 7.37. The average molecular weight is 231 g/mol. The van der Waals surface area contributed by atoms with Gasteiger partial charge in [0.1, 0.15) is 0 Å². The summed E-state index contributed by atoms with van der Waals surface area (Å²) < 4.78 is 1.91. The number of nitrogens with zero attached hydrogens (tertiary/aromatic N) is 4. The molecule has 5 heteroatoms. The maximum Gasteiger partial charge on any atom is 0.0544 e. The van der Waals surface area contributed by atoms with Crippen molar-refractivity contribution >= 4 is 0 Å². The van der Waals surface area contributed by atoms with Crippen molar-refractivity contribution < 1.29 is 0 Å². The quantitative estimate of drug-likeness (QED) is 0.837. The van der Waals surface area contributed by atoms with E-state index in [0.717, 1.165) is 12.8 Å². The number of hydrogen-bond donors (Lipinski definition) is 1. The Labute approximate surface area is 101 Å². The summed E-state index contributed by atoms with van der Waals surface area (Å²) in [5.41, 5.74) is 2.41. The summed E-state index contributed by atoms with van der Waals surface area (Å²) in [5, 5.41) is 15.2. The molecule has 0 saturated carbocycles. The summed E-state index contributed by atoms with van der Waals surface area (Å²) in [6, 6.07) is 4.36. The monoisotopic (exact) mass is 231 g/mol. The van der Waals surface area contributed by atoms with Gasteiger partial charge in [0.15, 0.2) is 0 Å². The van der Waals surface area contributed by atoms with Gasteiger partial charge >= 0.3 is 0 Å². The van der Waals surface area contributed by atoms with Crippen LogP contribution in [0, 0.1) is 0 Å². The molecule has 0 saturated heterocycles. The predicted molar refractivity (Wildman–Crippen MR) is 65.4 cm³/mol. The van der Waals surface area contributed by atoms with Crippen LogP contribution in [0.1, 0.15) is 23.7 Å². The Balaban J connectivity index is 1.99. The normalized spacial score (nSPS) is 12.6. The standard InChI is InChI=1S/C12H17N5/c1-13-12(10-5-7-14-15-9-10)4-3-11-6-8-16-17(11)2/h5-9,12-13H,3-4H2,1-2H3. The molecule has 0 bridgehead atoms. The van der Waals surface area contributed by atoms with Crippen LogP contribution in [0.3, 0.4) is 0 Å². The van der Waals surface area contributed by atoms with Gasteiger partial charge in [-0.2, -0.15) is 15.3 Å². The molecule has 0 spiro atoms. The van der Waals surface area contributed by atoms with Gasteiger partial charge in [0.2, 0.25) is 0 Å². The lowest BCUT2D eigenvalue weighted by molar-refractivity contribution is 0.533. The van der Waals surface area contributed by atoms with Crippen molar-refractivity contribution in [2.45, 2.75) is 18.9 Å². The van der Waals surface area contributed by atoms with Crippen molar-refractivity contribution in [1.29, 1.82) is 0 Å². The molecule has 1 N–H and O–H groups in total. The lowest BCUT2D eigenvalue weighted by Gasteiger charge is -2.15. The summed E-state index contributed by atoms with van der Waals surface area (Å²) in [6.45, 7) is 0. The molecule has 17 heavy (non-hydrogen) atoms. The smallest absolute Gasteiger partial charge is 0.0544 e. The first-order valence-corrected chi connectivity index (χ1v) is 5.72. The number of aryl methyl sites for hydroxylation is 2. The van der Waals surface area contributed by atoms with E-state index in [1.165, 1.54) is 11.3 Å². The van der Waals surface area contributed by atoms with Gasteiger partial charge in [0.05, 0.1) is 6.20 Å². The molecule has 0 radical (unpaired) electrons. The maximum atomic E-state index is 4.17. The van der Waals surface area contributed by atoms with Gasteiger partial charge in [-0.1, -0.05) is 0 Å². The first-order valence-electron chi connectivity index (χ1n) is 5.72. The van der Waals surface area contributed by atoms with Crippen LogP contribution in [0.5, 0.6) is 0 Å². The van der Waals surface area contributed by atoms with E-state index in [2.05, 4.69) is 26.7 Å². The zero-order chi connectivity index (χ0) is 12.1. The third-order valence-corrected chi connectivity index (χ3v) is 2.97. The fourth-order valence-corrected chi connectivity index (χ4v) is 1.92. The first-order chi connectivity index (χ1) is 8.31. The third kappa shape index (κ3) is 2.88. The van der Waals surface area contributed by atoms with Gasteiger partial charge in [-0.05, 0) is 37.6 Å². The van der Waals surface area contributed by atoms with E-state index < -0.39 is 0 Å². The van der Waals surface area contributed by atoms with Crippen LogP contribution in [0.2, 0.25) is 0 Å². The van der Waals surface area contributed by atoms with Crippen molar-refractivity contribution in [3.05, 3.63) is 42.0 Å². The second-order valence-electron chi connectivity index (χ2n) is 4.00. The third-order valence-electron chi connectivity index (χ3n) is 2.97. The molecule has 0 fully saturated rings. The Bertz CT molecular complexity index is 451. The van der Waals surface area contributed by atoms with Crippen LogP contribution in [0.25, 0.3) is 0 Å². The molecule has 0 aromatic carbocycles. The molecule has 0 aliphatic heterocycles. The molecule has 1 unspecified atom stereocenters. The highest BCUT2D eigenvalue weighted by molar-refractivity contribution is 5.12.